The van der Waals surface area contributed by atoms with Crippen LogP contribution in [0.5, 0.6) is 0 Å². The molecule has 2 aromatic heterocycles. The zero-order valence-electron chi connectivity index (χ0n) is 13.8. The predicted octanol–water partition coefficient (Wildman–Crippen LogP) is 4.27. The number of aliphatic hydroxyl groups is 1. The summed E-state index contributed by atoms with van der Waals surface area (Å²) in [6, 6.07) is 7.37. The first-order valence-electron chi connectivity index (χ1n) is 7.52. The fraction of sp³-hybridized carbons (Fsp3) is 0.200. The van der Waals surface area contributed by atoms with E-state index in [1.165, 1.54) is 5.57 Å². The maximum absolute atomic E-state index is 10.8. The van der Waals surface area contributed by atoms with E-state index in [1.807, 2.05) is 38.1 Å². The van der Waals surface area contributed by atoms with Gasteiger partial charge in [0.1, 0.15) is 5.60 Å². The van der Waals surface area contributed by atoms with Gasteiger partial charge in [-0.1, -0.05) is 36.4 Å². The van der Waals surface area contributed by atoms with Crippen LogP contribution in [0.1, 0.15) is 37.6 Å². The lowest BCUT2D eigenvalue weighted by Crippen LogP contribution is -2.24. The average Bonchev–Trinajstić information content (AvgIpc) is 2.56. The van der Waals surface area contributed by atoms with Crippen LogP contribution in [0, 0.1) is 0 Å². The molecule has 0 aliphatic carbocycles. The molecule has 0 amide bonds. The minimum atomic E-state index is -1.15. The Morgan fingerprint density at radius 1 is 1.13 bits per heavy atom. The largest absolute Gasteiger partial charge is 0.379 e. The topological polar surface area (TPSA) is 46.0 Å². The average molecular weight is 306 g/mol. The number of pyridine rings is 2. The van der Waals surface area contributed by atoms with Crippen LogP contribution in [0.25, 0.3) is 5.57 Å². The first-order valence-corrected chi connectivity index (χ1v) is 7.52. The van der Waals surface area contributed by atoms with Crippen LogP contribution in [0.2, 0.25) is 0 Å². The molecule has 0 fully saturated rings. The number of aromatic nitrogens is 2. The van der Waals surface area contributed by atoms with Crippen molar-refractivity contribution in [2.75, 3.05) is 0 Å². The standard InChI is InChI=1S/C20H22N2O/c1-5-16(7-6-15(2)3)17-8-9-19(22-14-17)20(4,23)18-10-12-21-13-11-18/h5-14,23H,1H2,2-4H3/b16-7+. The molecule has 1 N–H and O–H groups in total. The van der Waals surface area contributed by atoms with Gasteiger partial charge in [0.05, 0.1) is 5.69 Å². The summed E-state index contributed by atoms with van der Waals surface area (Å²) in [5, 5.41) is 10.8. The van der Waals surface area contributed by atoms with Gasteiger partial charge >= 0.3 is 0 Å². The Bertz CT molecular complexity index is 722. The van der Waals surface area contributed by atoms with Crippen molar-refractivity contribution in [2.45, 2.75) is 26.4 Å². The molecular formula is C20H22N2O. The smallest absolute Gasteiger partial charge is 0.129 e. The maximum Gasteiger partial charge on any atom is 0.129 e. The number of allylic oxidation sites excluding steroid dienone is 5. The van der Waals surface area contributed by atoms with Crippen molar-refractivity contribution in [1.29, 1.82) is 0 Å². The highest BCUT2D eigenvalue weighted by Crippen LogP contribution is 2.28. The molecule has 1 unspecified atom stereocenters. The van der Waals surface area contributed by atoms with Gasteiger partial charge in [-0.2, -0.15) is 0 Å². The van der Waals surface area contributed by atoms with Crippen molar-refractivity contribution in [1.82, 2.24) is 9.97 Å². The molecular weight excluding hydrogens is 284 g/mol. The van der Waals surface area contributed by atoms with Crippen molar-refractivity contribution >= 4 is 5.57 Å². The molecule has 3 nitrogen and oxygen atoms in total. The van der Waals surface area contributed by atoms with Gasteiger partial charge in [0, 0.05) is 18.6 Å². The van der Waals surface area contributed by atoms with Gasteiger partial charge < -0.3 is 5.11 Å². The summed E-state index contributed by atoms with van der Waals surface area (Å²) in [6.07, 6.45) is 10.9. The lowest BCUT2D eigenvalue weighted by atomic mass is 9.92. The molecule has 3 heteroatoms. The molecule has 118 valence electrons. The SMILES string of the molecule is C=C/C(=C\C=C(C)C)c1ccc(C(C)(O)c2ccncc2)nc1. The molecule has 0 bridgehead atoms. The van der Waals surface area contributed by atoms with Gasteiger partial charge in [-0.3, -0.25) is 9.97 Å². The highest BCUT2D eigenvalue weighted by molar-refractivity contribution is 5.74. The highest BCUT2D eigenvalue weighted by Gasteiger charge is 2.26. The van der Waals surface area contributed by atoms with Gasteiger partial charge in [-0.25, -0.2) is 0 Å². The Kier molecular flexibility index (Phi) is 5.24. The molecule has 0 aliphatic rings. The summed E-state index contributed by atoms with van der Waals surface area (Å²) < 4.78 is 0. The van der Waals surface area contributed by atoms with Crippen LogP contribution in [0.4, 0.5) is 0 Å². The van der Waals surface area contributed by atoms with Crippen molar-refractivity contribution in [3.63, 3.8) is 0 Å². The molecule has 0 aromatic carbocycles. The number of hydrogen-bond acceptors (Lipinski definition) is 3. The van der Waals surface area contributed by atoms with Gasteiger partial charge in [0.25, 0.3) is 0 Å². The van der Waals surface area contributed by atoms with Crippen molar-refractivity contribution in [2.24, 2.45) is 0 Å². The van der Waals surface area contributed by atoms with Crippen LogP contribution >= 0.6 is 0 Å². The third kappa shape index (κ3) is 4.02. The van der Waals surface area contributed by atoms with Crippen LogP contribution in [0.3, 0.4) is 0 Å². The molecule has 0 radical (unpaired) electrons. The monoisotopic (exact) mass is 306 g/mol. The van der Waals surface area contributed by atoms with Crippen LogP contribution in [-0.4, -0.2) is 15.1 Å². The second-order valence-electron chi connectivity index (χ2n) is 5.81. The fourth-order valence-electron chi connectivity index (χ4n) is 2.22. The summed E-state index contributed by atoms with van der Waals surface area (Å²) in [5.41, 5.74) is 3.38. The van der Waals surface area contributed by atoms with E-state index in [0.717, 1.165) is 16.7 Å². The van der Waals surface area contributed by atoms with Gasteiger partial charge in [0.15, 0.2) is 0 Å². The maximum atomic E-state index is 10.8. The molecule has 0 spiro atoms. The zero-order chi connectivity index (χ0) is 16.9. The lowest BCUT2D eigenvalue weighted by molar-refractivity contribution is 0.0973. The molecule has 2 heterocycles. The van der Waals surface area contributed by atoms with Gasteiger partial charge in [-0.05, 0) is 55.7 Å². The van der Waals surface area contributed by atoms with E-state index in [9.17, 15) is 5.11 Å². The molecule has 0 saturated carbocycles. The minimum absolute atomic E-state index is 0.595. The van der Waals surface area contributed by atoms with Crippen LogP contribution < -0.4 is 0 Å². The van der Waals surface area contributed by atoms with Crippen molar-refractivity contribution < 1.29 is 5.11 Å². The molecule has 23 heavy (non-hydrogen) atoms. The number of rotatable bonds is 5. The number of hydrogen-bond donors (Lipinski definition) is 1. The Labute approximate surface area is 137 Å². The minimum Gasteiger partial charge on any atom is -0.379 e. The summed E-state index contributed by atoms with van der Waals surface area (Å²) in [5.74, 6) is 0. The van der Waals surface area contributed by atoms with E-state index in [2.05, 4.69) is 16.5 Å². The third-order valence-corrected chi connectivity index (χ3v) is 3.65. The van der Waals surface area contributed by atoms with Crippen LogP contribution in [-0.2, 0) is 5.60 Å². The number of nitrogens with zero attached hydrogens (tertiary/aromatic N) is 2. The zero-order valence-corrected chi connectivity index (χ0v) is 13.8. The molecule has 1 atom stereocenters. The molecule has 0 aliphatic heterocycles. The summed E-state index contributed by atoms with van der Waals surface area (Å²) in [7, 11) is 0. The summed E-state index contributed by atoms with van der Waals surface area (Å²) in [6.45, 7) is 9.68. The van der Waals surface area contributed by atoms with Crippen LogP contribution in [0.15, 0.2) is 73.2 Å². The lowest BCUT2D eigenvalue weighted by Gasteiger charge is -2.23. The normalized spacial score (nSPS) is 14.0. The fourth-order valence-corrected chi connectivity index (χ4v) is 2.22. The second kappa shape index (κ2) is 7.16. The molecule has 0 saturated heterocycles. The molecule has 2 rings (SSSR count). The highest BCUT2D eigenvalue weighted by atomic mass is 16.3. The Hall–Kier alpha value is -2.52. The first-order chi connectivity index (χ1) is 10.9. The Morgan fingerprint density at radius 2 is 1.83 bits per heavy atom. The predicted molar refractivity (Wildman–Crippen MR) is 94.8 cm³/mol. The van der Waals surface area contributed by atoms with Crippen molar-refractivity contribution in [3.05, 3.63) is 90.1 Å². The Morgan fingerprint density at radius 3 is 2.35 bits per heavy atom. The van der Waals surface area contributed by atoms with Crippen molar-refractivity contribution in [3.8, 4) is 0 Å². The van der Waals surface area contributed by atoms with E-state index in [-0.39, 0.29) is 0 Å². The van der Waals surface area contributed by atoms with E-state index < -0.39 is 5.60 Å². The third-order valence-electron chi connectivity index (χ3n) is 3.65. The second-order valence-corrected chi connectivity index (χ2v) is 5.81. The summed E-state index contributed by atoms with van der Waals surface area (Å²) >= 11 is 0. The quantitative estimate of drug-likeness (QED) is 0.839. The molecule has 2 aromatic rings. The van der Waals surface area contributed by atoms with E-state index in [1.54, 1.807) is 43.7 Å². The van der Waals surface area contributed by atoms with E-state index in [4.69, 9.17) is 0 Å². The van der Waals surface area contributed by atoms with Gasteiger partial charge in [-0.15, -0.1) is 0 Å². The first kappa shape index (κ1) is 16.8. The van der Waals surface area contributed by atoms with E-state index in [0.29, 0.717) is 5.69 Å². The van der Waals surface area contributed by atoms with E-state index >= 15 is 0 Å². The summed E-state index contributed by atoms with van der Waals surface area (Å²) in [4.78, 5) is 8.42. The Balaban J connectivity index is 2.34. The van der Waals surface area contributed by atoms with Gasteiger partial charge in [0.2, 0.25) is 0 Å².